The summed E-state index contributed by atoms with van der Waals surface area (Å²) in [6.07, 6.45) is 1.66. The fourth-order valence-electron chi connectivity index (χ4n) is 1.74. The Bertz CT molecular complexity index is 681. The van der Waals surface area contributed by atoms with Crippen molar-refractivity contribution in [2.75, 3.05) is 12.4 Å². The third-order valence-electron chi connectivity index (χ3n) is 2.85. The van der Waals surface area contributed by atoms with E-state index in [-0.39, 0.29) is 17.1 Å². The van der Waals surface area contributed by atoms with Gasteiger partial charge in [0, 0.05) is 12.7 Å². The van der Waals surface area contributed by atoms with Crippen molar-refractivity contribution in [3.05, 3.63) is 46.3 Å². The molecule has 0 fully saturated rings. The predicted molar refractivity (Wildman–Crippen MR) is 75.5 cm³/mol. The molecule has 1 aromatic heterocycles. The van der Waals surface area contributed by atoms with Crippen molar-refractivity contribution >= 4 is 17.3 Å². The van der Waals surface area contributed by atoms with E-state index in [2.05, 4.69) is 10.4 Å². The molecule has 2 aromatic rings. The minimum atomic E-state index is -0.581. The van der Waals surface area contributed by atoms with Crippen molar-refractivity contribution in [3.63, 3.8) is 0 Å². The summed E-state index contributed by atoms with van der Waals surface area (Å²) in [6, 6.07) is 5.76. The fourth-order valence-corrected chi connectivity index (χ4v) is 1.74. The maximum atomic E-state index is 12.0. The Balaban J connectivity index is 2.26. The molecule has 1 heterocycles. The maximum absolute atomic E-state index is 12.0. The Morgan fingerprint density at radius 3 is 2.81 bits per heavy atom. The number of benzene rings is 1. The molecule has 8 nitrogen and oxygen atoms in total. The lowest BCUT2D eigenvalue weighted by Gasteiger charge is -2.06. The minimum absolute atomic E-state index is 0.0943. The van der Waals surface area contributed by atoms with Gasteiger partial charge in [0.2, 0.25) is 0 Å². The molecule has 21 heavy (non-hydrogen) atoms. The van der Waals surface area contributed by atoms with Crippen LogP contribution < -0.4 is 10.1 Å². The molecular weight excluding hydrogens is 276 g/mol. The largest absolute Gasteiger partial charge is 0.496 e. The first-order chi connectivity index (χ1) is 10.0. The summed E-state index contributed by atoms with van der Waals surface area (Å²) in [5.74, 6) is -0.162. The van der Waals surface area contributed by atoms with Crippen LogP contribution in [0, 0.1) is 10.1 Å². The van der Waals surface area contributed by atoms with Crippen molar-refractivity contribution in [3.8, 4) is 5.75 Å². The van der Waals surface area contributed by atoms with Crippen LogP contribution in [-0.4, -0.2) is 27.7 Å². The molecule has 0 bridgehead atoms. The Morgan fingerprint density at radius 2 is 2.24 bits per heavy atom. The maximum Gasteiger partial charge on any atom is 0.296 e. The van der Waals surface area contributed by atoms with Gasteiger partial charge in [0.05, 0.1) is 18.1 Å². The summed E-state index contributed by atoms with van der Waals surface area (Å²) in [6.45, 7) is 2.53. The molecule has 1 aromatic carbocycles. The van der Waals surface area contributed by atoms with E-state index in [1.165, 1.54) is 25.3 Å². The second-order valence-corrected chi connectivity index (χ2v) is 4.15. The lowest BCUT2D eigenvalue weighted by Crippen LogP contribution is -2.14. The van der Waals surface area contributed by atoms with Gasteiger partial charge in [-0.25, -0.2) is 0 Å². The Kier molecular flexibility index (Phi) is 4.17. The van der Waals surface area contributed by atoms with Gasteiger partial charge in [0.15, 0.2) is 5.69 Å². The number of nitrogens with zero attached hydrogens (tertiary/aromatic N) is 3. The predicted octanol–water partition coefficient (Wildman–Crippen LogP) is 2.07. The number of carbonyl (C=O) groups excluding carboxylic acids is 1. The van der Waals surface area contributed by atoms with Gasteiger partial charge in [0.1, 0.15) is 11.4 Å². The van der Waals surface area contributed by atoms with Crippen LogP contribution in [0.5, 0.6) is 5.75 Å². The van der Waals surface area contributed by atoms with Crippen LogP contribution in [0.25, 0.3) is 0 Å². The first-order valence-corrected chi connectivity index (χ1v) is 6.22. The molecule has 0 aliphatic heterocycles. The van der Waals surface area contributed by atoms with Crippen molar-refractivity contribution in [1.82, 2.24) is 9.78 Å². The molecule has 1 amide bonds. The van der Waals surface area contributed by atoms with Gasteiger partial charge < -0.3 is 10.1 Å². The second-order valence-electron chi connectivity index (χ2n) is 4.15. The van der Waals surface area contributed by atoms with Gasteiger partial charge in [-0.1, -0.05) is 0 Å². The molecule has 0 radical (unpaired) electrons. The van der Waals surface area contributed by atoms with Gasteiger partial charge in [-0.2, -0.15) is 5.10 Å². The highest BCUT2D eigenvalue weighted by molar-refractivity contribution is 6.04. The fraction of sp³-hybridized carbons (Fsp3) is 0.231. The number of nitrogens with one attached hydrogen (secondary N) is 1. The Hall–Kier alpha value is -2.90. The van der Waals surface area contributed by atoms with Crippen molar-refractivity contribution in [2.45, 2.75) is 13.5 Å². The number of hydrogen-bond acceptors (Lipinski definition) is 5. The summed E-state index contributed by atoms with van der Waals surface area (Å²) in [5, 5.41) is 17.6. The molecule has 110 valence electrons. The number of aryl methyl sites for hydroxylation is 1. The van der Waals surface area contributed by atoms with Gasteiger partial charge in [-0.3, -0.25) is 19.6 Å². The summed E-state index contributed by atoms with van der Waals surface area (Å²) in [7, 11) is 1.41. The van der Waals surface area contributed by atoms with Crippen molar-refractivity contribution in [2.24, 2.45) is 0 Å². The van der Waals surface area contributed by atoms with E-state index in [0.29, 0.717) is 12.3 Å². The summed E-state index contributed by atoms with van der Waals surface area (Å²) < 4.78 is 6.53. The number of amides is 1. The second kappa shape index (κ2) is 6.04. The van der Waals surface area contributed by atoms with E-state index < -0.39 is 10.8 Å². The number of anilines is 1. The van der Waals surface area contributed by atoms with Gasteiger partial charge in [0.25, 0.3) is 11.6 Å². The Morgan fingerprint density at radius 1 is 1.48 bits per heavy atom. The SMILES string of the molecule is CCn1ccc(C(=O)Nc2ccc(OC)cc2[N+](=O)[O-])n1. The Labute approximate surface area is 120 Å². The van der Waals surface area contributed by atoms with Crippen LogP contribution in [0.4, 0.5) is 11.4 Å². The number of ether oxygens (including phenoxy) is 1. The van der Waals surface area contributed by atoms with Gasteiger partial charge in [-0.05, 0) is 25.1 Å². The monoisotopic (exact) mass is 290 g/mol. The van der Waals surface area contributed by atoms with Crippen LogP contribution in [0.1, 0.15) is 17.4 Å². The van der Waals surface area contributed by atoms with Crippen LogP contribution in [0.2, 0.25) is 0 Å². The van der Waals surface area contributed by atoms with E-state index in [9.17, 15) is 14.9 Å². The van der Waals surface area contributed by atoms with Crippen molar-refractivity contribution in [1.29, 1.82) is 0 Å². The molecule has 2 rings (SSSR count). The van der Waals surface area contributed by atoms with E-state index in [1.54, 1.807) is 16.9 Å². The highest BCUT2D eigenvalue weighted by Gasteiger charge is 2.19. The number of methoxy groups -OCH3 is 1. The van der Waals surface area contributed by atoms with E-state index >= 15 is 0 Å². The lowest BCUT2D eigenvalue weighted by atomic mass is 10.2. The van der Waals surface area contributed by atoms with Gasteiger partial charge >= 0.3 is 0 Å². The number of rotatable bonds is 5. The number of hydrogen-bond donors (Lipinski definition) is 1. The molecule has 8 heteroatoms. The first kappa shape index (κ1) is 14.5. The van der Waals surface area contributed by atoms with E-state index in [1.807, 2.05) is 6.92 Å². The zero-order chi connectivity index (χ0) is 15.4. The molecule has 0 unspecified atom stereocenters. The molecule has 0 spiro atoms. The summed E-state index contributed by atoms with van der Waals surface area (Å²) in [5.41, 5.74) is 0.0523. The molecule has 0 saturated carbocycles. The average molecular weight is 290 g/mol. The summed E-state index contributed by atoms with van der Waals surface area (Å²) >= 11 is 0. The zero-order valence-electron chi connectivity index (χ0n) is 11.6. The molecule has 0 atom stereocenters. The first-order valence-electron chi connectivity index (χ1n) is 6.22. The highest BCUT2D eigenvalue weighted by Crippen LogP contribution is 2.29. The normalized spacial score (nSPS) is 10.2. The van der Waals surface area contributed by atoms with Crippen molar-refractivity contribution < 1.29 is 14.5 Å². The molecule has 0 aliphatic rings. The zero-order valence-corrected chi connectivity index (χ0v) is 11.6. The minimum Gasteiger partial charge on any atom is -0.496 e. The number of nitro benzene ring substituents is 1. The standard InChI is InChI=1S/C13H14N4O4/c1-3-16-7-6-11(15-16)13(18)14-10-5-4-9(21-2)8-12(10)17(19)20/h4-8H,3H2,1-2H3,(H,14,18). The average Bonchev–Trinajstić information content (AvgIpc) is 2.96. The molecule has 0 aliphatic carbocycles. The van der Waals surface area contributed by atoms with E-state index in [0.717, 1.165) is 0 Å². The van der Waals surface area contributed by atoms with Crippen LogP contribution in [0.15, 0.2) is 30.5 Å². The van der Waals surface area contributed by atoms with Crippen LogP contribution in [0.3, 0.4) is 0 Å². The number of aromatic nitrogens is 2. The molecule has 0 saturated heterocycles. The van der Waals surface area contributed by atoms with Crippen LogP contribution in [-0.2, 0) is 6.54 Å². The lowest BCUT2D eigenvalue weighted by molar-refractivity contribution is -0.384. The third-order valence-corrected chi connectivity index (χ3v) is 2.85. The molecule has 1 N–H and O–H groups in total. The topological polar surface area (TPSA) is 99.3 Å². The van der Waals surface area contributed by atoms with Crippen LogP contribution >= 0.6 is 0 Å². The number of nitro groups is 1. The quantitative estimate of drug-likeness (QED) is 0.671. The smallest absolute Gasteiger partial charge is 0.296 e. The van der Waals surface area contributed by atoms with E-state index in [4.69, 9.17) is 4.74 Å². The third kappa shape index (κ3) is 3.16. The number of carbonyl (C=O) groups is 1. The molecular formula is C13H14N4O4. The summed E-state index contributed by atoms with van der Waals surface area (Å²) in [4.78, 5) is 22.5. The highest BCUT2D eigenvalue weighted by atomic mass is 16.6. The van der Waals surface area contributed by atoms with Gasteiger partial charge in [-0.15, -0.1) is 0 Å².